The van der Waals surface area contributed by atoms with Crippen LogP contribution in [0.4, 0.5) is 0 Å². The molecule has 0 unspecified atom stereocenters. The van der Waals surface area contributed by atoms with E-state index in [4.69, 9.17) is 9.84 Å². The van der Waals surface area contributed by atoms with Gasteiger partial charge in [0.15, 0.2) is 0 Å². The second-order valence-electron chi connectivity index (χ2n) is 8.33. The molecule has 1 N–H and O–H groups in total. The van der Waals surface area contributed by atoms with Gasteiger partial charge in [0.05, 0.1) is 12.7 Å². The third-order valence-electron chi connectivity index (χ3n) is 5.83. The highest BCUT2D eigenvalue weighted by Gasteiger charge is 2.23. The third kappa shape index (κ3) is 13.7. The van der Waals surface area contributed by atoms with Crippen molar-refractivity contribution >= 4 is 0 Å². The predicted octanol–water partition coefficient (Wildman–Crippen LogP) is 7.04. The minimum Gasteiger partial charge on any atom is -0.394 e. The van der Waals surface area contributed by atoms with Crippen LogP contribution in [-0.4, -0.2) is 24.4 Å². The Balaban J connectivity index is 1.68. The average molecular weight is 355 g/mol. The van der Waals surface area contributed by atoms with Crippen molar-refractivity contribution in [2.75, 3.05) is 13.2 Å². The number of unbranched alkanes of at least 4 members (excludes halogenated alkanes) is 15. The van der Waals surface area contributed by atoms with Gasteiger partial charge in [-0.15, -0.1) is 0 Å². The summed E-state index contributed by atoms with van der Waals surface area (Å²) in [6, 6.07) is 0. The highest BCUT2D eigenvalue weighted by Crippen LogP contribution is 2.24. The van der Waals surface area contributed by atoms with Crippen molar-refractivity contribution in [3.63, 3.8) is 0 Å². The zero-order chi connectivity index (χ0) is 18.0. The topological polar surface area (TPSA) is 29.5 Å². The van der Waals surface area contributed by atoms with Crippen molar-refractivity contribution in [1.29, 1.82) is 0 Å². The van der Waals surface area contributed by atoms with E-state index in [2.05, 4.69) is 6.92 Å². The van der Waals surface area contributed by atoms with E-state index in [1.165, 1.54) is 109 Å². The summed E-state index contributed by atoms with van der Waals surface area (Å²) < 4.78 is 5.54. The summed E-state index contributed by atoms with van der Waals surface area (Å²) >= 11 is 0. The molecule has 0 aromatic heterocycles. The second-order valence-corrected chi connectivity index (χ2v) is 8.33. The fourth-order valence-corrected chi connectivity index (χ4v) is 4.09. The molecule has 1 heterocycles. The van der Waals surface area contributed by atoms with Crippen LogP contribution in [0.15, 0.2) is 0 Å². The quantitative estimate of drug-likeness (QED) is 0.268. The Labute approximate surface area is 158 Å². The van der Waals surface area contributed by atoms with Crippen molar-refractivity contribution in [2.24, 2.45) is 5.92 Å². The fourth-order valence-electron chi connectivity index (χ4n) is 4.09. The largest absolute Gasteiger partial charge is 0.394 e. The van der Waals surface area contributed by atoms with Gasteiger partial charge >= 0.3 is 0 Å². The number of aliphatic hydroxyl groups is 1. The maximum atomic E-state index is 9.07. The molecule has 0 saturated carbocycles. The first-order chi connectivity index (χ1) is 12.4. The van der Waals surface area contributed by atoms with Crippen molar-refractivity contribution in [1.82, 2.24) is 0 Å². The van der Waals surface area contributed by atoms with Crippen LogP contribution in [0.1, 0.15) is 122 Å². The number of rotatable bonds is 18. The molecule has 0 aromatic carbocycles. The Morgan fingerprint density at radius 3 is 1.52 bits per heavy atom. The van der Waals surface area contributed by atoms with Crippen LogP contribution in [0.25, 0.3) is 0 Å². The molecule has 2 nitrogen and oxygen atoms in total. The molecule has 0 spiro atoms. The summed E-state index contributed by atoms with van der Waals surface area (Å²) in [6.07, 6.45) is 25.5. The maximum absolute atomic E-state index is 9.07. The highest BCUT2D eigenvalue weighted by atomic mass is 16.5. The molecule has 0 aliphatic carbocycles. The highest BCUT2D eigenvalue weighted by molar-refractivity contribution is 4.72. The van der Waals surface area contributed by atoms with Crippen molar-refractivity contribution < 1.29 is 9.84 Å². The van der Waals surface area contributed by atoms with Crippen LogP contribution in [0.3, 0.4) is 0 Å². The van der Waals surface area contributed by atoms with Crippen LogP contribution >= 0.6 is 0 Å². The number of aliphatic hydroxyl groups excluding tert-OH is 1. The minimum absolute atomic E-state index is 0.131. The normalized spacial score (nSPS) is 20.4. The SMILES string of the molecule is CCCCCCCCCCCCCCCCCC[C@@H]1CO[C@@H](CO)C1. The summed E-state index contributed by atoms with van der Waals surface area (Å²) in [4.78, 5) is 0. The van der Waals surface area contributed by atoms with E-state index in [1.54, 1.807) is 0 Å². The Bertz CT molecular complexity index is 267. The smallest absolute Gasteiger partial charge is 0.0809 e. The lowest BCUT2D eigenvalue weighted by molar-refractivity contribution is 0.0571. The molecule has 2 heteroatoms. The van der Waals surface area contributed by atoms with E-state index in [-0.39, 0.29) is 12.7 Å². The molecule has 150 valence electrons. The lowest BCUT2D eigenvalue weighted by Gasteiger charge is -2.07. The molecule has 0 aromatic rings. The molecule has 1 fully saturated rings. The van der Waals surface area contributed by atoms with Crippen molar-refractivity contribution in [3.05, 3.63) is 0 Å². The number of hydrogen-bond acceptors (Lipinski definition) is 2. The minimum atomic E-state index is 0.131. The van der Waals surface area contributed by atoms with Gasteiger partial charge in [0, 0.05) is 6.61 Å². The van der Waals surface area contributed by atoms with Crippen molar-refractivity contribution in [2.45, 2.75) is 129 Å². The molecule has 0 amide bonds. The van der Waals surface area contributed by atoms with E-state index < -0.39 is 0 Å². The van der Waals surface area contributed by atoms with Crippen molar-refractivity contribution in [3.8, 4) is 0 Å². The second kappa shape index (κ2) is 17.3. The molecule has 0 bridgehead atoms. The maximum Gasteiger partial charge on any atom is 0.0809 e. The van der Waals surface area contributed by atoms with Gasteiger partial charge < -0.3 is 9.84 Å². The van der Waals surface area contributed by atoms with E-state index in [0.717, 1.165) is 13.0 Å². The van der Waals surface area contributed by atoms with Gasteiger partial charge in [-0.05, 0) is 18.8 Å². The van der Waals surface area contributed by atoms with Crippen LogP contribution in [0, 0.1) is 5.92 Å². The molecular formula is C23H46O2. The monoisotopic (exact) mass is 354 g/mol. The first kappa shape index (κ1) is 23.0. The van der Waals surface area contributed by atoms with E-state index in [0.29, 0.717) is 5.92 Å². The van der Waals surface area contributed by atoms with Gasteiger partial charge in [-0.2, -0.15) is 0 Å². The van der Waals surface area contributed by atoms with E-state index >= 15 is 0 Å². The molecule has 1 aliphatic rings. The van der Waals surface area contributed by atoms with E-state index in [9.17, 15) is 0 Å². The fraction of sp³-hybridized carbons (Fsp3) is 1.00. The molecule has 25 heavy (non-hydrogen) atoms. The Morgan fingerprint density at radius 2 is 1.12 bits per heavy atom. The zero-order valence-electron chi connectivity index (χ0n) is 17.2. The van der Waals surface area contributed by atoms with E-state index in [1.807, 2.05) is 0 Å². The van der Waals surface area contributed by atoms with Gasteiger partial charge in [0.25, 0.3) is 0 Å². The van der Waals surface area contributed by atoms with Gasteiger partial charge in [-0.1, -0.05) is 110 Å². The molecule has 1 rings (SSSR count). The molecular weight excluding hydrogens is 308 g/mol. The van der Waals surface area contributed by atoms with Crippen LogP contribution in [0.5, 0.6) is 0 Å². The van der Waals surface area contributed by atoms with Gasteiger partial charge in [0.2, 0.25) is 0 Å². The lowest BCUT2D eigenvalue weighted by atomic mass is 9.97. The summed E-state index contributed by atoms with van der Waals surface area (Å²) in [5, 5.41) is 9.07. The predicted molar refractivity (Wildman–Crippen MR) is 109 cm³/mol. The number of hydrogen-bond donors (Lipinski definition) is 1. The standard InChI is InChI=1S/C23H46O2/c1-2-3-4-5-6-7-8-9-10-11-12-13-14-15-16-17-18-22-19-23(20-24)25-21-22/h22-24H,2-21H2,1H3/t22-,23+/m0/s1. The summed E-state index contributed by atoms with van der Waals surface area (Å²) in [5.41, 5.74) is 0. The van der Waals surface area contributed by atoms with Gasteiger partial charge in [-0.25, -0.2) is 0 Å². The Hall–Kier alpha value is -0.0800. The lowest BCUT2D eigenvalue weighted by Crippen LogP contribution is -2.09. The zero-order valence-corrected chi connectivity index (χ0v) is 17.2. The Morgan fingerprint density at radius 1 is 0.680 bits per heavy atom. The average Bonchev–Trinajstić information content (AvgIpc) is 3.09. The molecule has 2 atom stereocenters. The van der Waals surface area contributed by atoms with Crippen LogP contribution in [0.2, 0.25) is 0 Å². The summed E-state index contributed by atoms with van der Waals surface area (Å²) in [6.45, 7) is 3.37. The van der Waals surface area contributed by atoms with Crippen LogP contribution in [-0.2, 0) is 4.74 Å². The molecule has 0 radical (unpaired) electrons. The molecule has 1 saturated heterocycles. The Kier molecular flexibility index (Phi) is 15.9. The summed E-state index contributed by atoms with van der Waals surface area (Å²) in [7, 11) is 0. The van der Waals surface area contributed by atoms with Gasteiger partial charge in [0.1, 0.15) is 0 Å². The van der Waals surface area contributed by atoms with Gasteiger partial charge in [-0.3, -0.25) is 0 Å². The first-order valence-electron chi connectivity index (χ1n) is 11.6. The molecule has 1 aliphatic heterocycles. The van der Waals surface area contributed by atoms with Crippen LogP contribution < -0.4 is 0 Å². The number of ether oxygens (including phenoxy) is 1. The summed E-state index contributed by atoms with van der Waals surface area (Å²) in [5.74, 6) is 0.712. The first-order valence-corrected chi connectivity index (χ1v) is 11.6. The third-order valence-corrected chi connectivity index (χ3v) is 5.83.